The van der Waals surface area contributed by atoms with Gasteiger partial charge in [0.05, 0.1) is 32.9 Å². The number of aliphatic hydroxyl groups is 1. The molecule has 0 aromatic heterocycles. The number of aliphatic hydroxyl groups excluding tert-OH is 1. The maximum atomic E-state index is 12.7. The molecule has 1 saturated heterocycles. The van der Waals surface area contributed by atoms with Gasteiger partial charge in [0, 0.05) is 6.54 Å². The predicted molar refractivity (Wildman–Crippen MR) is 108 cm³/mol. The van der Waals surface area contributed by atoms with Crippen molar-refractivity contribution >= 4 is 5.91 Å². The molecular formula is C22H28N2O4. The van der Waals surface area contributed by atoms with Crippen LogP contribution in [0.3, 0.4) is 0 Å². The average Bonchev–Trinajstić information content (AvgIpc) is 2.72. The molecule has 3 rings (SSSR count). The highest BCUT2D eigenvalue weighted by Gasteiger charge is 2.22. The molecule has 2 N–H and O–H groups in total. The van der Waals surface area contributed by atoms with Gasteiger partial charge in [-0.25, -0.2) is 0 Å². The van der Waals surface area contributed by atoms with E-state index in [1.165, 1.54) is 0 Å². The number of likely N-dealkylation sites (tertiary alicyclic amines) is 1. The summed E-state index contributed by atoms with van der Waals surface area (Å²) in [4.78, 5) is 14.7. The number of hydrogen-bond donors (Lipinski definition) is 2. The van der Waals surface area contributed by atoms with Gasteiger partial charge in [-0.1, -0.05) is 24.3 Å². The van der Waals surface area contributed by atoms with Crippen LogP contribution in [0.5, 0.6) is 11.5 Å². The van der Waals surface area contributed by atoms with Crippen LogP contribution in [-0.2, 0) is 4.79 Å². The van der Waals surface area contributed by atoms with E-state index >= 15 is 0 Å². The van der Waals surface area contributed by atoms with Gasteiger partial charge in [0.2, 0.25) is 5.91 Å². The van der Waals surface area contributed by atoms with Crippen molar-refractivity contribution in [3.8, 4) is 11.5 Å². The van der Waals surface area contributed by atoms with Crippen LogP contribution in [0.4, 0.5) is 0 Å². The van der Waals surface area contributed by atoms with Crippen molar-refractivity contribution < 1.29 is 19.4 Å². The van der Waals surface area contributed by atoms with Crippen LogP contribution in [0.25, 0.3) is 0 Å². The molecule has 1 unspecified atom stereocenters. The van der Waals surface area contributed by atoms with Gasteiger partial charge in [-0.2, -0.15) is 0 Å². The van der Waals surface area contributed by atoms with E-state index in [4.69, 9.17) is 9.47 Å². The first-order valence-electron chi connectivity index (χ1n) is 9.56. The van der Waals surface area contributed by atoms with Gasteiger partial charge < -0.3 is 19.9 Å². The third-order valence-corrected chi connectivity index (χ3v) is 5.05. The van der Waals surface area contributed by atoms with Crippen LogP contribution in [0.1, 0.15) is 30.0 Å². The zero-order valence-electron chi connectivity index (χ0n) is 16.4. The van der Waals surface area contributed by atoms with E-state index in [2.05, 4.69) is 5.32 Å². The smallest absolute Gasteiger partial charge is 0.234 e. The Morgan fingerprint density at radius 2 is 1.61 bits per heavy atom. The molecule has 6 nitrogen and oxygen atoms in total. The lowest BCUT2D eigenvalue weighted by atomic mass is 9.98. The molecule has 150 valence electrons. The Balaban J connectivity index is 1.77. The number of methoxy groups -OCH3 is 2. The monoisotopic (exact) mass is 384 g/mol. The molecule has 0 radical (unpaired) electrons. The van der Waals surface area contributed by atoms with E-state index in [1.54, 1.807) is 14.2 Å². The van der Waals surface area contributed by atoms with Crippen molar-refractivity contribution in [2.24, 2.45) is 0 Å². The van der Waals surface area contributed by atoms with Crippen LogP contribution in [0, 0.1) is 0 Å². The van der Waals surface area contributed by atoms with E-state index in [0.29, 0.717) is 6.54 Å². The van der Waals surface area contributed by atoms with E-state index in [0.717, 1.165) is 42.0 Å². The normalized spacial score (nSPS) is 17.4. The highest BCUT2D eigenvalue weighted by molar-refractivity contribution is 5.79. The molecule has 6 heteroatoms. The van der Waals surface area contributed by atoms with Crippen LogP contribution in [0.2, 0.25) is 0 Å². The number of carbonyl (C=O) groups excluding carboxylic acids is 1. The zero-order valence-corrected chi connectivity index (χ0v) is 16.4. The van der Waals surface area contributed by atoms with E-state index in [-0.39, 0.29) is 24.6 Å². The third kappa shape index (κ3) is 5.24. The average molecular weight is 384 g/mol. The van der Waals surface area contributed by atoms with Gasteiger partial charge in [-0.15, -0.1) is 0 Å². The number of nitrogens with zero attached hydrogens (tertiary/aromatic N) is 1. The molecule has 28 heavy (non-hydrogen) atoms. The summed E-state index contributed by atoms with van der Waals surface area (Å²) in [5.74, 6) is 1.47. The minimum Gasteiger partial charge on any atom is -0.497 e. The number of piperidine rings is 1. The van der Waals surface area contributed by atoms with Crippen molar-refractivity contribution in [1.29, 1.82) is 0 Å². The number of amides is 1. The number of ether oxygens (including phenoxy) is 2. The van der Waals surface area contributed by atoms with Gasteiger partial charge in [-0.3, -0.25) is 9.69 Å². The Morgan fingerprint density at radius 1 is 1.07 bits per heavy atom. The summed E-state index contributed by atoms with van der Waals surface area (Å²) in [7, 11) is 3.26. The first kappa shape index (κ1) is 20.2. The molecule has 0 spiro atoms. The van der Waals surface area contributed by atoms with Gasteiger partial charge in [0.1, 0.15) is 11.5 Å². The summed E-state index contributed by atoms with van der Waals surface area (Å²) in [5.41, 5.74) is 1.94. The molecule has 1 atom stereocenters. The second kappa shape index (κ2) is 9.57. The summed E-state index contributed by atoms with van der Waals surface area (Å²) < 4.78 is 10.5. The van der Waals surface area contributed by atoms with E-state index in [1.807, 2.05) is 53.4 Å². The molecule has 1 heterocycles. The Bertz CT molecular complexity index is 714. The SMILES string of the molecule is COc1ccc(C(NC(=O)CN2CCCC(O)C2)c2ccc(OC)cc2)cc1. The molecule has 1 fully saturated rings. The van der Waals surface area contributed by atoms with Crippen molar-refractivity contribution in [1.82, 2.24) is 10.2 Å². The van der Waals surface area contributed by atoms with Gasteiger partial charge >= 0.3 is 0 Å². The molecule has 1 aliphatic heterocycles. The predicted octanol–water partition coefficient (Wildman–Crippen LogP) is 2.37. The lowest BCUT2D eigenvalue weighted by Crippen LogP contribution is -2.45. The number of nitrogens with one attached hydrogen (secondary N) is 1. The van der Waals surface area contributed by atoms with Crippen LogP contribution < -0.4 is 14.8 Å². The topological polar surface area (TPSA) is 71.0 Å². The second-order valence-corrected chi connectivity index (χ2v) is 7.08. The quantitative estimate of drug-likeness (QED) is 0.767. The molecule has 2 aromatic rings. The standard InChI is InChI=1S/C22H28N2O4/c1-27-19-9-5-16(6-10-19)22(17-7-11-20(28-2)12-8-17)23-21(26)15-24-13-3-4-18(25)14-24/h5-12,18,22,25H,3-4,13-15H2,1-2H3,(H,23,26). The molecule has 1 amide bonds. The lowest BCUT2D eigenvalue weighted by molar-refractivity contribution is -0.123. The van der Waals surface area contributed by atoms with E-state index < -0.39 is 0 Å². The fourth-order valence-corrected chi connectivity index (χ4v) is 3.54. The molecule has 0 bridgehead atoms. The molecule has 1 aliphatic rings. The highest BCUT2D eigenvalue weighted by Crippen LogP contribution is 2.26. The van der Waals surface area contributed by atoms with Crippen LogP contribution >= 0.6 is 0 Å². The first-order valence-corrected chi connectivity index (χ1v) is 9.56. The second-order valence-electron chi connectivity index (χ2n) is 7.08. The van der Waals surface area contributed by atoms with Crippen LogP contribution in [0.15, 0.2) is 48.5 Å². The maximum absolute atomic E-state index is 12.7. The lowest BCUT2D eigenvalue weighted by Gasteiger charge is -2.30. The van der Waals surface area contributed by atoms with Gasteiger partial charge in [0.15, 0.2) is 0 Å². The fourth-order valence-electron chi connectivity index (χ4n) is 3.54. The number of β-amino-alcohol motifs (C(OH)–C–C–N with tert-alkyl or cyclic N) is 1. The van der Waals surface area contributed by atoms with Gasteiger partial charge in [0.25, 0.3) is 0 Å². The number of rotatable bonds is 7. The summed E-state index contributed by atoms with van der Waals surface area (Å²) in [5, 5.41) is 13.0. The minimum atomic E-state index is -0.347. The number of carbonyl (C=O) groups is 1. The van der Waals surface area contributed by atoms with Crippen molar-refractivity contribution in [3.63, 3.8) is 0 Å². The maximum Gasteiger partial charge on any atom is 0.234 e. The molecule has 2 aromatic carbocycles. The Labute approximate surface area is 166 Å². The molecular weight excluding hydrogens is 356 g/mol. The minimum absolute atomic E-state index is 0.0641. The summed E-state index contributed by atoms with van der Waals surface area (Å²) >= 11 is 0. The first-order chi connectivity index (χ1) is 13.6. The Morgan fingerprint density at radius 3 is 2.07 bits per heavy atom. The number of hydrogen-bond acceptors (Lipinski definition) is 5. The molecule has 0 aliphatic carbocycles. The highest BCUT2D eigenvalue weighted by atomic mass is 16.5. The fraction of sp³-hybridized carbons (Fsp3) is 0.409. The Kier molecular flexibility index (Phi) is 6.90. The van der Waals surface area contributed by atoms with Crippen molar-refractivity contribution in [2.75, 3.05) is 33.9 Å². The summed E-state index contributed by atoms with van der Waals surface area (Å²) in [6.07, 6.45) is 1.37. The summed E-state index contributed by atoms with van der Waals surface area (Å²) in [6.45, 7) is 1.66. The summed E-state index contributed by atoms with van der Waals surface area (Å²) in [6, 6.07) is 15.1. The van der Waals surface area contributed by atoms with Gasteiger partial charge in [-0.05, 0) is 54.8 Å². The zero-order chi connectivity index (χ0) is 19.9. The molecule has 0 saturated carbocycles. The van der Waals surface area contributed by atoms with Crippen LogP contribution in [-0.4, -0.2) is 55.9 Å². The van der Waals surface area contributed by atoms with E-state index in [9.17, 15) is 9.90 Å². The van der Waals surface area contributed by atoms with Crippen molar-refractivity contribution in [2.45, 2.75) is 25.0 Å². The Hall–Kier alpha value is -2.57. The largest absolute Gasteiger partial charge is 0.497 e. The number of benzene rings is 2. The third-order valence-electron chi connectivity index (χ3n) is 5.05. The van der Waals surface area contributed by atoms with Crippen molar-refractivity contribution in [3.05, 3.63) is 59.7 Å².